The normalized spacial score (nSPS) is 14.0. The van der Waals surface area contributed by atoms with Crippen LogP contribution >= 0.6 is 0 Å². The molecule has 0 atom stereocenters. The van der Waals surface area contributed by atoms with Crippen molar-refractivity contribution in [2.75, 3.05) is 16.5 Å². The van der Waals surface area contributed by atoms with E-state index in [0.717, 1.165) is 22.9 Å². The molecular formula is C44H33GeN3O. The Morgan fingerprint density at radius 3 is 1.96 bits per heavy atom. The van der Waals surface area contributed by atoms with Gasteiger partial charge in [0, 0.05) is 5.56 Å². The van der Waals surface area contributed by atoms with Crippen molar-refractivity contribution in [1.29, 1.82) is 0 Å². The number of para-hydroxylation sites is 1. The minimum absolute atomic E-state index is 0.710. The average Bonchev–Trinajstić information content (AvgIpc) is 3.78. The number of benzene rings is 6. The summed E-state index contributed by atoms with van der Waals surface area (Å²) in [7, 11) is 0. The molecule has 0 saturated heterocycles. The van der Waals surface area contributed by atoms with Gasteiger partial charge in [0.15, 0.2) is 0 Å². The van der Waals surface area contributed by atoms with Gasteiger partial charge in [0.25, 0.3) is 0 Å². The predicted octanol–water partition coefficient (Wildman–Crippen LogP) is 7.65. The first-order chi connectivity index (χ1) is 24.3. The van der Waals surface area contributed by atoms with Crippen LogP contribution in [0.3, 0.4) is 0 Å². The predicted molar refractivity (Wildman–Crippen MR) is 204 cm³/mol. The Labute approximate surface area is 289 Å². The standard InChI is InChI=1S/C44H33GeN3O/c1-4-14-33(15-5-1)39-22-10-11-24-43(39)48-29-28-47(32-48)36-20-12-21-37(30-36)49-38-25-26-41-40(31-38)44-42(23-13-27-46-44)45(41,34-16-6-2-7-17-34)35-18-8-3-9-19-35/h1-31H,32H2. The molecule has 0 bridgehead atoms. The molecule has 4 nitrogen and oxygen atoms in total. The first kappa shape index (κ1) is 29.3. The molecule has 0 N–H and O–H groups in total. The summed E-state index contributed by atoms with van der Waals surface area (Å²) in [4.78, 5) is 9.53. The van der Waals surface area contributed by atoms with Crippen LogP contribution in [0.2, 0.25) is 0 Å². The van der Waals surface area contributed by atoms with E-state index in [-0.39, 0.29) is 0 Å². The summed E-state index contributed by atoms with van der Waals surface area (Å²) in [6.07, 6.45) is 6.20. The van der Waals surface area contributed by atoms with Gasteiger partial charge in [-0.1, -0.05) is 48.5 Å². The Balaban J connectivity index is 1.03. The number of aromatic nitrogens is 1. The summed E-state index contributed by atoms with van der Waals surface area (Å²) in [5.74, 6) is 1.61. The molecule has 49 heavy (non-hydrogen) atoms. The van der Waals surface area contributed by atoms with Crippen LogP contribution in [0.5, 0.6) is 11.5 Å². The van der Waals surface area contributed by atoms with Gasteiger partial charge in [-0.25, -0.2) is 0 Å². The molecule has 6 aromatic carbocycles. The van der Waals surface area contributed by atoms with Crippen LogP contribution in [0.15, 0.2) is 188 Å². The zero-order valence-electron chi connectivity index (χ0n) is 26.9. The number of hydrogen-bond acceptors (Lipinski definition) is 4. The monoisotopic (exact) mass is 693 g/mol. The average molecular weight is 692 g/mol. The summed E-state index contributed by atoms with van der Waals surface area (Å²) in [5.41, 5.74) is 6.92. The van der Waals surface area contributed by atoms with Crippen molar-refractivity contribution in [3.63, 3.8) is 0 Å². The third kappa shape index (κ3) is 5.04. The van der Waals surface area contributed by atoms with Crippen molar-refractivity contribution < 1.29 is 4.74 Å². The molecule has 234 valence electrons. The summed E-state index contributed by atoms with van der Waals surface area (Å²) in [6.45, 7) is 0.710. The van der Waals surface area contributed by atoms with Crippen molar-refractivity contribution in [2.45, 2.75) is 0 Å². The molecule has 2 aliphatic rings. The minimum atomic E-state index is -3.30. The fraction of sp³-hybridized carbons (Fsp3) is 0.0227. The zero-order valence-corrected chi connectivity index (χ0v) is 29.0. The van der Waals surface area contributed by atoms with Crippen molar-refractivity contribution in [2.24, 2.45) is 0 Å². The van der Waals surface area contributed by atoms with Crippen LogP contribution in [0, 0.1) is 0 Å². The van der Waals surface area contributed by atoms with Gasteiger partial charge in [0.1, 0.15) is 0 Å². The molecule has 0 saturated carbocycles. The first-order valence-electron chi connectivity index (χ1n) is 16.6. The van der Waals surface area contributed by atoms with Crippen LogP contribution in [0.25, 0.3) is 22.4 Å². The van der Waals surface area contributed by atoms with Crippen molar-refractivity contribution in [1.82, 2.24) is 4.98 Å². The van der Waals surface area contributed by atoms with Crippen LogP contribution in [0.1, 0.15) is 0 Å². The Bertz CT molecular complexity index is 2270. The Kier molecular flexibility index (Phi) is 7.36. The first-order valence-corrected chi connectivity index (χ1v) is 20.8. The Morgan fingerprint density at radius 1 is 0.510 bits per heavy atom. The van der Waals surface area contributed by atoms with Crippen molar-refractivity contribution in [3.8, 4) is 33.9 Å². The third-order valence-electron chi connectivity index (χ3n) is 9.69. The van der Waals surface area contributed by atoms with E-state index in [4.69, 9.17) is 9.72 Å². The van der Waals surface area contributed by atoms with Crippen LogP contribution in [0.4, 0.5) is 11.4 Å². The number of pyridine rings is 1. The Morgan fingerprint density at radius 2 is 1.18 bits per heavy atom. The summed E-state index contributed by atoms with van der Waals surface area (Å²) in [5, 5.41) is 0. The van der Waals surface area contributed by atoms with Crippen molar-refractivity contribution >= 4 is 42.2 Å². The van der Waals surface area contributed by atoms with E-state index < -0.39 is 13.3 Å². The molecule has 1 aromatic heterocycles. The number of hydrogen-bond donors (Lipinski definition) is 0. The maximum atomic E-state index is 6.62. The van der Waals surface area contributed by atoms with Gasteiger partial charge in [0.2, 0.25) is 0 Å². The summed E-state index contributed by atoms with van der Waals surface area (Å²) < 4.78 is 12.2. The molecular weight excluding hydrogens is 659 g/mol. The van der Waals surface area contributed by atoms with E-state index in [1.165, 1.54) is 40.0 Å². The van der Waals surface area contributed by atoms with Gasteiger partial charge in [-0.05, 0) is 11.6 Å². The fourth-order valence-corrected chi connectivity index (χ4v) is 18.2. The van der Waals surface area contributed by atoms with Crippen molar-refractivity contribution in [3.05, 3.63) is 188 Å². The van der Waals surface area contributed by atoms with E-state index >= 15 is 0 Å². The molecule has 0 aliphatic carbocycles. The van der Waals surface area contributed by atoms with Gasteiger partial charge < -0.3 is 0 Å². The third-order valence-corrected chi connectivity index (χ3v) is 19.9. The SMILES string of the molecule is C1=CN(c2ccccc2-c2ccccc2)CN1c1cccc(Oc2cc[c]3c(c2)-c2nccc[c]2[Ge]3([c]2ccccc2)[c]2ccccc2)c1. The molecule has 0 spiro atoms. The van der Waals surface area contributed by atoms with Gasteiger partial charge in [-0.3, -0.25) is 0 Å². The topological polar surface area (TPSA) is 28.6 Å². The van der Waals surface area contributed by atoms with Gasteiger partial charge >= 0.3 is 225 Å². The number of anilines is 2. The second-order valence-electron chi connectivity index (χ2n) is 12.5. The molecule has 9 rings (SSSR count). The molecule has 2 aliphatic heterocycles. The second-order valence-corrected chi connectivity index (χ2v) is 20.3. The van der Waals surface area contributed by atoms with E-state index in [0.29, 0.717) is 6.67 Å². The van der Waals surface area contributed by atoms with E-state index in [1.54, 1.807) is 0 Å². The summed E-state index contributed by atoms with van der Waals surface area (Å²) >= 11 is -3.30. The number of fused-ring (bicyclic) bond motifs is 3. The molecule has 0 amide bonds. The van der Waals surface area contributed by atoms with Gasteiger partial charge in [-0.2, -0.15) is 0 Å². The molecule has 3 heterocycles. The quantitative estimate of drug-likeness (QED) is 0.161. The molecule has 0 fully saturated rings. The summed E-state index contributed by atoms with van der Waals surface area (Å²) in [6, 6.07) is 60.6. The van der Waals surface area contributed by atoms with E-state index in [2.05, 4.69) is 186 Å². The molecule has 0 unspecified atom stereocenters. The van der Waals surface area contributed by atoms with Crippen LogP contribution in [-0.4, -0.2) is 24.9 Å². The maximum absolute atomic E-state index is 6.62. The van der Waals surface area contributed by atoms with E-state index in [9.17, 15) is 0 Å². The van der Waals surface area contributed by atoms with E-state index in [1.807, 2.05) is 12.3 Å². The Hall–Kier alpha value is -5.85. The molecule has 0 radical (unpaired) electrons. The fourth-order valence-electron chi connectivity index (χ4n) is 7.53. The van der Waals surface area contributed by atoms with Crippen LogP contribution < -0.4 is 32.1 Å². The van der Waals surface area contributed by atoms with Crippen LogP contribution in [-0.2, 0) is 0 Å². The molecule has 7 aromatic rings. The number of ether oxygens (including phenoxy) is 1. The number of rotatable bonds is 7. The number of nitrogens with zero attached hydrogens (tertiary/aromatic N) is 3. The zero-order chi connectivity index (χ0) is 32.6. The second kappa shape index (κ2) is 12.3. The van der Waals surface area contributed by atoms with Gasteiger partial charge in [-0.15, -0.1) is 0 Å². The van der Waals surface area contributed by atoms with Gasteiger partial charge in [0.05, 0.1) is 0 Å². The molecule has 5 heteroatoms.